The van der Waals surface area contributed by atoms with E-state index in [2.05, 4.69) is 5.32 Å². The molecule has 156 valence electrons. The van der Waals surface area contributed by atoms with Gasteiger partial charge in [0.2, 0.25) is 10.0 Å². The highest BCUT2D eigenvalue weighted by Gasteiger charge is 2.26. The van der Waals surface area contributed by atoms with Crippen LogP contribution in [0.15, 0.2) is 53.4 Å². The number of hydrogen-bond acceptors (Lipinski definition) is 5. The molecular weight excluding hydrogens is 392 g/mol. The molecule has 29 heavy (non-hydrogen) atoms. The van der Waals surface area contributed by atoms with E-state index >= 15 is 0 Å². The highest BCUT2D eigenvalue weighted by Crippen LogP contribution is 2.22. The summed E-state index contributed by atoms with van der Waals surface area (Å²) in [6, 6.07) is 13.3. The summed E-state index contributed by atoms with van der Waals surface area (Å²) in [6.45, 7) is 4.25. The molecule has 1 fully saturated rings. The van der Waals surface area contributed by atoms with Crippen LogP contribution in [0, 0.1) is 0 Å². The Balaban J connectivity index is 1.45. The van der Waals surface area contributed by atoms with Crippen molar-refractivity contribution < 1.29 is 22.7 Å². The predicted molar refractivity (Wildman–Crippen MR) is 110 cm³/mol. The Hall–Kier alpha value is -2.58. The number of benzene rings is 2. The van der Waals surface area contributed by atoms with Gasteiger partial charge in [0.05, 0.1) is 18.0 Å². The van der Waals surface area contributed by atoms with Crippen molar-refractivity contribution in [1.82, 2.24) is 9.62 Å². The fourth-order valence-corrected chi connectivity index (χ4v) is 4.61. The van der Waals surface area contributed by atoms with Gasteiger partial charge in [-0.1, -0.05) is 0 Å². The zero-order valence-electron chi connectivity index (χ0n) is 16.5. The molecule has 0 spiro atoms. The number of hydrogen-bond donors (Lipinski definition) is 1. The molecule has 1 saturated heterocycles. The molecule has 8 heteroatoms. The van der Waals surface area contributed by atoms with Gasteiger partial charge in [0.25, 0.3) is 5.91 Å². The number of ether oxygens (including phenoxy) is 2. The average Bonchev–Trinajstić information content (AvgIpc) is 3.28. The largest absolute Gasteiger partial charge is 0.494 e. The summed E-state index contributed by atoms with van der Waals surface area (Å²) >= 11 is 0. The van der Waals surface area contributed by atoms with Crippen LogP contribution in [0.25, 0.3) is 0 Å². The molecule has 7 nitrogen and oxygen atoms in total. The molecule has 3 rings (SSSR count). The van der Waals surface area contributed by atoms with E-state index < -0.39 is 10.0 Å². The van der Waals surface area contributed by atoms with Gasteiger partial charge < -0.3 is 14.8 Å². The van der Waals surface area contributed by atoms with E-state index in [1.165, 1.54) is 4.31 Å². The Morgan fingerprint density at radius 1 is 0.966 bits per heavy atom. The molecule has 1 aliphatic heterocycles. The molecule has 1 amide bonds. The van der Waals surface area contributed by atoms with E-state index in [0.29, 0.717) is 37.6 Å². The van der Waals surface area contributed by atoms with Gasteiger partial charge in [-0.3, -0.25) is 4.79 Å². The van der Waals surface area contributed by atoms with Crippen LogP contribution in [0.1, 0.15) is 30.1 Å². The van der Waals surface area contributed by atoms with Gasteiger partial charge in [0.15, 0.2) is 0 Å². The Kier molecular flexibility index (Phi) is 7.11. The first-order valence-corrected chi connectivity index (χ1v) is 11.2. The molecule has 0 aromatic heterocycles. The van der Waals surface area contributed by atoms with Crippen LogP contribution in [0.3, 0.4) is 0 Å². The van der Waals surface area contributed by atoms with Gasteiger partial charge in [0.1, 0.15) is 18.1 Å². The minimum Gasteiger partial charge on any atom is -0.494 e. The normalized spacial score (nSPS) is 14.5. The Morgan fingerprint density at radius 2 is 1.55 bits per heavy atom. The summed E-state index contributed by atoms with van der Waals surface area (Å²) in [5, 5.41) is 2.79. The molecule has 0 saturated carbocycles. The fraction of sp³-hybridized carbons (Fsp3) is 0.381. The number of rotatable bonds is 9. The topological polar surface area (TPSA) is 84.9 Å². The van der Waals surface area contributed by atoms with E-state index in [1.807, 2.05) is 6.92 Å². The first-order chi connectivity index (χ1) is 14.0. The summed E-state index contributed by atoms with van der Waals surface area (Å²) in [7, 11) is -3.42. The smallest absolute Gasteiger partial charge is 0.251 e. The quantitative estimate of drug-likeness (QED) is 0.633. The summed E-state index contributed by atoms with van der Waals surface area (Å²) in [5.74, 6) is 1.09. The van der Waals surface area contributed by atoms with Crippen LogP contribution < -0.4 is 14.8 Å². The molecule has 0 bridgehead atoms. The second-order valence-corrected chi connectivity index (χ2v) is 8.58. The fourth-order valence-electron chi connectivity index (χ4n) is 3.09. The minimum absolute atomic E-state index is 0.191. The minimum atomic E-state index is -3.42. The lowest BCUT2D eigenvalue weighted by molar-refractivity contribution is 0.0947. The van der Waals surface area contributed by atoms with E-state index in [-0.39, 0.29) is 17.4 Å². The van der Waals surface area contributed by atoms with Crippen LogP contribution >= 0.6 is 0 Å². The van der Waals surface area contributed by atoms with Crippen LogP contribution in [-0.4, -0.2) is 51.5 Å². The maximum atomic E-state index is 12.5. The molecule has 0 unspecified atom stereocenters. The second kappa shape index (κ2) is 9.76. The lowest BCUT2D eigenvalue weighted by atomic mass is 10.2. The molecule has 0 radical (unpaired) electrons. The first-order valence-electron chi connectivity index (χ1n) is 9.75. The number of nitrogens with one attached hydrogen (secondary N) is 1. The maximum Gasteiger partial charge on any atom is 0.251 e. The van der Waals surface area contributed by atoms with Crippen LogP contribution in [0.5, 0.6) is 11.5 Å². The summed E-state index contributed by atoms with van der Waals surface area (Å²) in [5.41, 5.74) is 0.546. The number of carbonyl (C=O) groups excluding carboxylic acids is 1. The van der Waals surface area contributed by atoms with Crippen molar-refractivity contribution >= 4 is 15.9 Å². The van der Waals surface area contributed by atoms with E-state index in [4.69, 9.17) is 9.47 Å². The third-order valence-corrected chi connectivity index (χ3v) is 6.52. The molecule has 1 aliphatic rings. The third kappa shape index (κ3) is 5.48. The molecule has 2 aromatic rings. The molecular formula is C21H26N2O5S. The summed E-state index contributed by atoms with van der Waals surface area (Å²) in [4.78, 5) is 12.4. The lowest BCUT2D eigenvalue weighted by Crippen LogP contribution is -2.28. The third-order valence-electron chi connectivity index (χ3n) is 4.61. The average molecular weight is 419 g/mol. The predicted octanol–water partition coefficient (Wildman–Crippen LogP) is 2.68. The number of amides is 1. The molecule has 1 N–H and O–H groups in total. The number of nitrogens with zero attached hydrogens (tertiary/aromatic N) is 1. The van der Waals surface area contributed by atoms with Crippen molar-refractivity contribution in [1.29, 1.82) is 0 Å². The Morgan fingerprint density at radius 3 is 2.17 bits per heavy atom. The maximum absolute atomic E-state index is 12.5. The van der Waals surface area contributed by atoms with Crippen LogP contribution in [0.2, 0.25) is 0 Å². The van der Waals surface area contributed by atoms with Gasteiger partial charge >= 0.3 is 0 Å². The zero-order chi connectivity index (χ0) is 20.7. The van der Waals surface area contributed by atoms with Crippen LogP contribution in [0.4, 0.5) is 0 Å². The standard InChI is InChI=1S/C21H26N2O5S/c1-2-27-18-7-5-17(6-8-18)21(24)22-13-16-28-19-9-11-20(12-10-19)29(25,26)23-14-3-4-15-23/h5-12H,2-4,13-16H2,1H3,(H,22,24). The molecule has 0 aliphatic carbocycles. The van der Waals surface area contributed by atoms with E-state index in [9.17, 15) is 13.2 Å². The van der Waals surface area contributed by atoms with Gasteiger partial charge in [-0.25, -0.2) is 8.42 Å². The molecule has 1 heterocycles. The SMILES string of the molecule is CCOc1ccc(C(=O)NCCOc2ccc(S(=O)(=O)N3CCCC3)cc2)cc1. The first kappa shape index (κ1) is 21.1. The van der Waals surface area contributed by atoms with Crippen molar-refractivity contribution in [2.24, 2.45) is 0 Å². The highest BCUT2D eigenvalue weighted by molar-refractivity contribution is 7.89. The number of sulfonamides is 1. The molecule has 0 atom stereocenters. The molecule has 2 aromatic carbocycles. The highest BCUT2D eigenvalue weighted by atomic mass is 32.2. The van der Waals surface area contributed by atoms with Crippen molar-refractivity contribution in [2.75, 3.05) is 32.8 Å². The monoisotopic (exact) mass is 418 g/mol. The van der Waals surface area contributed by atoms with Crippen LogP contribution in [-0.2, 0) is 10.0 Å². The Labute approximate surface area is 171 Å². The van der Waals surface area contributed by atoms with Gasteiger partial charge in [-0.05, 0) is 68.3 Å². The van der Waals surface area contributed by atoms with Crippen molar-refractivity contribution in [3.05, 3.63) is 54.1 Å². The number of carbonyl (C=O) groups is 1. The Bertz CT molecular complexity index is 905. The van der Waals surface area contributed by atoms with E-state index in [1.54, 1.807) is 48.5 Å². The lowest BCUT2D eigenvalue weighted by Gasteiger charge is -2.15. The van der Waals surface area contributed by atoms with Gasteiger partial charge in [-0.2, -0.15) is 4.31 Å². The summed E-state index contributed by atoms with van der Waals surface area (Å²) in [6.07, 6.45) is 1.81. The van der Waals surface area contributed by atoms with Crippen molar-refractivity contribution in [3.8, 4) is 11.5 Å². The van der Waals surface area contributed by atoms with Crippen molar-refractivity contribution in [3.63, 3.8) is 0 Å². The van der Waals surface area contributed by atoms with Gasteiger partial charge in [-0.15, -0.1) is 0 Å². The summed E-state index contributed by atoms with van der Waals surface area (Å²) < 4.78 is 37.5. The zero-order valence-corrected chi connectivity index (χ0v) is 17.3. The van der Waals surface area contributed by atoms with Crippen molar-refractivity contribution in [2.45, 2.75) is 24.7 Å². The van der Waals surface area contributed by atoms with Gasteiger partial charge in [0, 0.05) is 18.7 Å². The van der Waals surface area contributed by atoms with E-state index in [0.717, 1.165) is 18.6 Å². The second-order valence-electron chi connectivity index (χ2n) is 6.64.